The summed E-state index contributed by atoms with van der Waals surface area (Å²) in [6.45, 7) is 5.21. The first-order valence-corrected chi connectivity index (χ1v) is 9.03. The van der Waals surface area contributed by atoms with Crippen molar-refractivity contribution in [3.8, 4) is 0 Å². The van der Waals surface area contributed by atoms with Crippen LogP contribution in [0.2, 0.25) is 0 Å². The van der Waals surface area contributed by atoms with Crippen LogP contribution in [0.15, 0.2) is 72.0 Å². The molecular formula is C22H27NO. The van der Waals surface area contributed by atoms with Crippen LogP contribution >= 0.6 is 0 Å². The molecule has 3 rings (SSSR count). The van der Waals surface area contributed by atoms with Gasteiger partial charge < -0.3 is 4.90 Å². The lowest BCUT2D eigenvalue weighted by Crippen LogP contribution is -2.30. The first-order chi connectivity index (χ1) is 11.6. The summed E-state index contributed by atoms with van der Waals surface area (Å²) in [4.78, 5) is 14.8. The minimum atomic E-state index is 0.180. The normalized spacial score (nSPS) is 25.9. The smallest absolute Gasteiger partial charge is 0.254 e. The SMILES string of the molecule is CC(C)CC1CC=CC=C1C(=O)N1C=CC(C=CC2=CC=CC2)C1. The van der Waals surface area contributed by atoms with E-state index >= 15 is 0 Å². The molecule has 24 heavy (non-hydrogen) atoms. The van der Waals surface area contributed by atoms with Gasteiger partial charge in [0.25, 0.3) is 5.91 Å². The fourth-order valence-electron chi connectivity index (χ4n) is 3.56. The maximum atomic E-state index is 12.9. The summed E-state index contributed by atoms with van der Waals surface area (Å²) in [5, 5.41) is 0. The van der Waals surface area contributed by atoms with Crippen molar-refractivity contribution in [1.82, 2.24) is 4.90 Å². The molecule has 126 valence electrons. The highest BCUT2D eigenvalue weighted by Crippen LogP contribution is 2.30. The molecule has 2 nitrogen and oxygen atoms in total. The standard InChI is InChI=1S/C22H27NO/c1-17(2)15-20-9-5-6-10-21(20)22(24)23-14-13-19(16-23)12-11-18-7-3-4-8-18/h3-7,10-14,17,19-20H,8-9,15-16H2,1-2H3. The van der Waals surface area contributed by atoms with E-state index in [9.17, 15) is 4.79 Å². The van der Waals surface area contributed by atoms with Gasteiger partial charge in [-0.2, -0.15) is 0 Å². The first-order valence-electron chi connectivity index (χ1n) is 9.03. The van der Waals surface area contributed by atoms with Gasteiger partial charge in [-0.25, -0.2) is 0 Å². The highest BCUT2D eigenvalue weighted by molar-refractivity contribution is 5.95. The van der Waals surface area contributed by atoms with Crippen LogP contribution in [0.4, 0.5) is 0 Å². The minimum Gasteiger partial charge on any atom is -0.315 e. The predicted octanol–water partition coefficient (Wildman–Crippen LogP) is 4.95. The topological polar surface area (TPSA) is 20.3 Å². The molecule has 3 aliphatic rings. The molecule has 1 heterocycles. The summed E-state index contributed by atoms with van der Waals surface area (Å²) in [7, 11) is 0. The molecule has 0 saturated heterocycles. The number of amides is 1. The lowest BCUT2D eigenvalue weighted by molar-refractivity contribution is -0.125. The van der Waals surface area contributed by atoms with Crippen LogP contribution in [0.5, 0.6) is 0 Å². The summed E-state index contributed by atoms with van der Waals surface area (Å²) in [6, 6.07) is 0. The molecule has 1 aliphatic heterocycles. The van der Waals surface area contributed by atoms with Crippen molar-refractivity contribution in [2.24, 2.45) is 17.8 Å². The summed E-state index contributed by atoms with van der Waals surface area (Å²) in [5.41, 5.74) is 2.31. The molecule has 0 spiro atoms. The van der Waals surface area contributed by atoms with Crippen LogP contribution in [0.1, 0.15) is 33.1 Å². The van der Waals surface area contributed by atoms with Crippen LogP contribution in [0.25, 0.3) is 0 Å². The first kappa shape index (κ1) is 16.8. The van der Waals surface area contributed by atoms with E-state index in [1.54, 1.807) is 0 Å². The van der Waals surface area contributed by atoms with Crippen LogP contribution in [-0.4, -0.2) is 17.4 Å². The fourth-order valence-corrected chi connectivity index (χ4v) is 3.56. The molecule has 0 saturated carbocycles. The number of hydrogen-bond acceptors (Lipinski definition) is 1. The highest BCUT2D eigenvalue weighted by atomic mass is 16.2. The quantitative estimate of drug-likeness (QED) is 0.701. The van der Waals surface area contributed by atoms with Gasteiger partial charge in [0.15, 0.2) is 0 Å². The second-order valence-corrected chi connectivity index (χ2v) is 7.31. The zero-order chi connectivity index (χ0) is 16.9. The highest BCUT2D eigenvalue weighted by Gasteiger charge is 2.28. The summed E-state index contributed by atoms with van der Waals surface area (Å²) in [6.07, 6.45) is 24.2. The zero-order valence-corrected chi connectivity index (χ0v) is 14.7. The predicted molar refractivity (Wildman–Crippen MR) is 100 cm³/mol. The van der Waals surface area contributed by atoms with Gasteiger partial charge in [-0.3, -0.25) is 4.79 Å². The van der Waals surface area contributed by atoms with Gasteiger partial charge in [0, 0.05) is 24.2 Å². The molecule has 2 aliphatic carbocycles. The molecule has 1 amide bonds. The largest absolute Gasteiger partial charge is 0.315 e. The minimum absolute atomic E-state index is 0.180. The molecular weight excluding hydrogens is 294 g/mol. The second kappa shape index (κ2) is 7.65. The van der Waals surface area contributed by atoms with E-state index < -0.39 is 0 Å². The van der Waals surface area contributed by atoms with Crippen LogP contribution in [-0.2, 0) is 4.79 Å². The number of nitrogens with zero attached hydrogens (tertiary/aromatic N) is 1. The number of allylic oxidation sites excluding steroid dienone is 8. The Labute approximate surface area is 145 Å². The van der Waals surface area contributed by atoms with Gasteiger partial charge in [0.05, 0.1) is 0 Å². The maximum Gasteiger partial charge on any atom is 0.254 e. The lowest BCUT2D eigenvalue weighted by Gasteiger charge is -2.25. The van der Waals surface area contributed by atoms with Crippen molar-refractivity contribution in [3.05, 3.63) is 72.0 Å². The van der Waals surface area contributed by atoms with Crippen LogP contribution in [0, 0.1) is 17.8 Å². The Morgan fingerprint density at radius 2 is 2.12 bits per heavy atom. The molecule has 0 aromatic rings. The molecule has 2 atom stereocenters. The van der Waals surface area contributed by atoms with E-state index in [0.29, 0.717) is 17.8 Å². The van der Waals surface area contributed by atoms with E-state index in [2.05, 4.69) is 56.4 Å². The number of carbonyl (C=O) groups is 1. The zero-order valence-electron chi connectivity index (χ0n) is 14.7. The molecule has 2 unspecified atom stereocenters. The van der Waals surface area contributed by atoms with Gasteiger partial charge in [-0.15, -0.1) is 0 Å². The van der Waals surface area contributed by atoms with Crippen LogP contribution < -0.4 is 0 Å². The van der Waals surface area contributed by atoms with E-state index in [1.165, 1.54) is 5.57 Å². The molecule has 0 fully saturated rings. The number of carbonyl (C=O) groups excluding carboxylic acids is 1. The Morgan fingerprint density at radius 3 is 2.88 bits per heavy atom. The maximum absolute atomic E-state index is 12.9. The summed E-state index contributed by atoms with van der Waals surface area (Å²) < 4.78 is 0. The van der Waals surface area contributed by atoms with Gasteiger partial charge in [0.1, 0.15) is 0 Å². The monoisotopic (exact) mass is 321 g/mol. The Hall–Kier alpha value is -2.09. The van der Waals surface area contributed by atoms with Crippen molar-refractivity contribution in [2.75, 3.05) is 6.54 Å². The van der Waals surface area contributed by atoms with Gasteiger partial charge in [0.2, 0.25) is 0 Å². The average molecular weight is 321 g/mol. The molecule has 0 bridgehead atoms. The van der Waals surface area contributed by atoms with Crippen molar-refractivity contribution in [1.29, 1.82) is 0 Å². The molecule has 0 aromatic carbocycles. The van der Waals surface area contributed by atoms with E-state index in [-0.39, 0.29) is 5.91 Å². The average Bonchev–Trinajstić information content (AvgIpc) is 3.24. The molecule has 0 N–H and O–H groups in total. The van der Waals surface area contributed by atoms with Crippen molar-refractivity contribution in [3.63, 3.8) is 0 Å². The Bertz CT molecular complexity index is 657. The lowest BCUT2D eigenvalue weighted by atomic mass is 9.84. The fraction of sp³-hybridized carbons (Fsp3) is 0.409. The second-order valence-electron chi connectivity index (χ2n) is 7.31. The third kappa shape index (κ3) is 4.05. The molecule has 2 heteroatoms. The van der Waals surface area contributed by atoms with Crippen molar-refractivity contribution >= 4 is 5.91 Å². The van der Waals surface area contributed by atoms with E-state index in [1.807, 2.05) is 23.3 Å². The summed E-state index contributed by atoms with van der Waals surface area (Å²) in [5.74, 6) is 1.47. The van der Waals surface area contributed by atoms with E-state index in [4.69, 9.17) is 0 Å². The van der Waals surface area contributed by atoms with Crippen molar-refractivity contribution in [2.45, 2.75) is 33.1 Å². The van der Waals surface area contributed by atoms with Crippen molar-refractivity contribution < 1.29 is 4.79 Å². The molecule has 0 radical (unpaired) electrons. The third-order valence-electron chi connectivity index (χ3n) is 4.81. The van der Waals surface area contributed by atoms with Crippen LogP contribution in [0.3, 0.4) is 0 Å². The number of hydrogen-bond donors (Lipinski definition) is 0. The van der Waals surface area contributed by atoms with Gasteiger partial charge in [-0.1, -0.05) is 68.5 Å². The third-order valence-corrected chi connectivity index (χ3v) is 4.81. The number of rotatable bonds is 5. The van der Waals surface area contributed by atoms with Gasteiger partial charge >= 0.3 is 0 Å². The Kier molecular flexibility index (Phi) is 5.34. The van der Waals surface area contributed by atoms with Gasteiger partial charge in [-0.05, 0) is 36.7 Å². The Balaban J connectivity index is 1.60. The Morgan fingerprint density at radius 1 is 1.29 bits per heavy atom. The summed E-state index contributed by atoms with van der Waals surface area (Å²) >= 11 is 0. The molecule has 0 aromatic heterocycles. The van der Waals surface area contributed by atoms with E-state index in [0.717, 1.165) is 31.4 Å².